The third-order valence-electron chi connectivity index (χ3n) is 3.22. The number of carbonyl (C=O) groups is 1. The van der Waals surface area contributed by atoms with Crippen LogP contribution in [0.1, 0.15) is 12.8 Å². The van der Waals surface area contributed by atoms with Gasteiger partial charge in [0.15, 0.2) is 0 Å². The first-order valence-corrected chi connectivity index (χ1v) is 5.36. The maximum Gasteiger partial charge on any atom is 0.236 e. The molecule has 0 bridgehead atoms. The van der Waals surface area contributed by atoms with Gasteiger partial charge in [0.1, 0.15) is 0 Å². The van der Waals surface area contributed by atoms with Crippen molar-refractivity contribution in [1.29, 1.82) is 0 Å². The smallest absolute Gasteiger partial charge is 0.236 e. The molecule has 1 aliphatic carbocycles. The summed E-state index contributed by atoms with van der Waals surface area (Å²) in [5.74, 6) is 0.202. The Balaban J connectivity index is 1.71. The van der Waals surface area contributed by atoms with Crippen LogP contribution in [0.5, 0.6) is 0 Å². The van der Waals surface area contributed by atoms with E-state index in [0.29, 0.717) is 12.6 Å². The van der Waals surface area contributed by atoms with Gasteiger partial charge in [-0.05, 0) is 19.9 Å². The van der Waals surface area contributed by atoms with E-state index in [1.54, 1.807) is 0 Å². The van der Waals surface area contributed by atoms with Crippen molar-refractivity contribution in [2.24, 2.45) is 0 Å². The van der Waals surface area contributed by atoms with Gasteiger partial charge < -0.3 is 10.2 Å². The highest BCUT2D eigenvalue weighted by atomic mass is 16.2. The number of nitrogens with zero attached hydrogens (tertiary/aromatic N) is 2. The molecular formula is C10H19N3O. The predicted octanol–water partition coefficient (Wildman–Crippen LogP) is -0.489. The average molecular weight is 197 g/mol. The Morgan fingerprint density at radius 2 is 2.14 bits per heavy atom. The third-order valence-corrected chi connectivity index (χ3v) is 3.22. The van der Waals surface area contributed by atoms with Crippen LogP contribution in [0, 0.1) is 0 Å². The van der Waals surface area contributed by atoms with Crippen LogP contribution in [0.4, 0.5) is 0 Å². The zero-order valence-corrected chi connectivity index (χ0v) is 8.99. The highest BCUT2D eigenvalue weighted by Crippen LogP contribution is 2.31. The molecule has 1 saturated carbocycles. The summed E-state index contributed by atoms with van der Waals surface area (Å²) in [6, 6.07) is 1.30. The fourth-order valence-corrected chi connectivity index (χ4v) is 1.95. The van der Waals surface area contributed by atoms with Crippen LogP contribution in [0.25, 0.3) is 0 Å². The lowest BCUT2D eigenvalue weighted by Gasteiger charge is -2.44. The molecule has 1 amide bonds. The molecule has 0 spiro atoms. The number of hydrogen-bond acceptors (Lipinski definition) is 3. The van der Waals surface area contributed by atoms with Gasteiger partial charge >= 0.3 is 0 Å². The van der Waals surface area contributed by atoms with Crippen molar-refractivity contribution >= 4 is 5.91 Å². The molecule has 1 N–H and O–H groups in total. The second kappa shape index (κ2) is 3.87. The predicted molar refractivity (Wildman–Crippen MR) is 55.1 cm³/mol. The molecule has 0 aromatic heterocycles. The van der Waals surface area contributed by atoms with Crippen LogP contribution in [-0.4, -0.2) is 61.5 Å². The molecule has 0 radical (unpaired) electrons. The second-order valence-corrected chi connectivity index (χ2v) is 4.37. The van der Waals surface area contributed by atoms with Gasteiger partial charge in [0.05, 0.1) is 12.6 Å². The van der Waals surface area contributed by atoms with Crippen molar-refractivity contribution in [3.05, 3.63) is 0 Å². The summed E-state index contributed by atoms with van der Waals surface area (Å²) in [6.07, 6.45) is 2.72. The molecule has 0 aromatic carbocycles. The molecule has 2 fully saturated rings. The Bertz CT molecular complexity index is 221. The monoisotopic (exact) mass is 197 g/mol. The van der Waals surface area contributed by atoms with Crippen LogP contribution in [0.3, 0.4) is 0 Å². The molecule has 80 valence electrons. The molecule has 1 saturated heterocycles. The summed E-state index contributed by atoms with van der Waals surface area (Å²) >= 11 is 0. The van der Waals surface area contributed by atoms with E-state index >= 15 is 0 Å². The van der Waals surface area contributed by atoms with E-state index in [-0.39, 0.29) is 5.91 Å². The lowest BCUT2D eigenvalue weighted by atomic mass is 10.1. The minimum atomic E-state index is 0.202. The third kappa shape index (κ3) is 1.91. The van der Waals surface area contributed by atoms with E-state index in [2.05, 4.69) is 10.2 Å². The number of rotatable bonds is 4. The lowest BCUT2D eigenvalue weighted by molar-refractivity contribution is -0.134. The van der Waals surface area contributed by atoms with Gasteiger partial charge in [0, 0.05) is 26.2 Å². The molecule has 4 heteroatoms. The molecule has 4 nitrogen and oxygen atoms in total. The molecular weight excluding hydrogens is 178 g/mol. The number of amides is 1. The van der Waals surface area contributed by atoms with Crippen LogP contribution >= 0.6 is 0 Å². The van der Waals surface area contributed by atoms with E-state index in [1.165, 1.54) is 12.8 Å². The fourth-order valence-electron chi connectivity index (χ4n) is 1.95. The molecule has 2 rings (SSSR count). The first kappa shape index (κ1) is 9.93. The average Bonchev–Trinajstić information content (AvgIpc) is 2.85. The number of likely N-dealkylation sites (tertiary alicyclic amines) is 1. The van der Waals surface area contributed by atoms with Crippen molar-refractivity contribution < 1.29 is 4.79 Å². The molecule has 2 aliphatic rings. The zero-order chi connectivity index (χ0) is 10.1. The van der Waals surface area contributed by atoms with Crippen LogP contribution in [0.15, 0.2) is 0 Å². The van der Waals surface area contributed by atoms with E-state index in [9.17, 15) is 4.79 Å². The van der Waals surface area contributed by atoms with Crippen LogP contribution < -0.4 is 5.32 Å². The highest BCUT2D eigenvalue weighted by Gasteiger charge is 2.40. The number of nitrogens with one attached hydrogen (secondary N) is 1. The maximum atomic E-state index is 11.5. The first-order chi connectivity index (χ1) is 6.72. The number of likely N-dealkylation sites (N-methyl/N-ethyl adjacent to an activating group) is 2. The van der Waals surface area contributed by atoms with Crippen molar-refractivity contribution in [1.82, 2.24) is 15.1 Å². The summed E-state index contributed by atoms with van der Waals surface area (Å²) in [5.41, 5.74) is 0. The number of carbonyl (C=O) groups excluding carboxylic acids is 1. The maximum absolute atomic E-state index is 11.5. The van der Waals surface area contributed by atoms with Gasteiger partial charge in [-0.1, -0.05) is 0 Å². The van der Waals surface area contributed by atoms with Crippen LogP contribution in [-0.2, 0) is 4.79 Å². The Labute approximate surface area is 85.2 Å². The molecule has 0 atom stereocenters. The summed E-state index contributed by atoms with van der Waals surface area (Å²) < 4.78 is 0. The van der Waals surface area contributed by atoms with Crippen molar-refractivity contribution in [2.45, 2.75) is 24.9 Å². The van der Waals surface area contributed by atoms with Gasteiger partial charge in [-0.25, -0.2) is 0 Å². The molecule has 0 aromatic rings. The van der Waals surface area contributed by atoms with Gasteiger partial charge in [0.25, 0.3) is 0 Å². The van der Waals surface area contributed by atoms with E-state index in [1.807, 2.05) is 19.0 Å². The highest BCUT2D eigenvalue weighted by molar-refractivity contribution is 5.78. The van der Waals surface area contributed by atoms with Crippen molar-refractivity contribution in [2.75, 3.05) is 33.7 Å². The summed E-state index contributed by atoms with van der Waals surface area (Å²) in [5, 5.41) is 2.89. The lowest BCUT2D eigenvalue weighted by Crippen LogP contribution is -2.61. The largest absolute Gasteiger partial charge is 0.339 e. The first-order valence-electron chi connectivity index (χ1n) is 5.36. The standard InChI is InChI=1S/C10H19N3O/c1-11-5-10(14)12(2)9-6-13(7-9)8-3-4-8/h8-9,11H,3-7H2,1-2H3. The van der Waals surface area contributed by atoms with E-state index < -0.39 is 0 Å². The molecule has 0 unspecified atom stereocenters. The Hall–Kier alpha value is -0.610. The van der Waals surface area contributed by atoms with Crippen LogP contribution in [0.2, 0.25) is 0 Å². The minimum absolute atomic E-state index is 0.202. The van der Waals surface area contributed by atoms with E-state index in [4.69, 9.17) is 0 Å². The normalized spacial score (nSPS) is 23.3. The fraction of sp³-hybridized carbons (Fsp3) is 0.900. The summed E-state index contributed by atoms with van der Waals surface area (Å²) in [4.78, 5) is 15.9. The Morgan fingerprint density at radius 3 is 2.64 bits per heavy atom. The van der Waals surface area contributed by atoms with Gasteiger partial charge in [-0.3, -0.25) is 9.69 Å². The molecule has 1 heterocycles. The number of hydrogen-bond donors (Lipinski definition) is 1. The van der Waals surface area contributed by atoms with Crippen molar-refractivity contribution in [3.63, 3.8) is 0 Å². The quantitative estimate of drug-likeness (QED) is 0.660. The zero-order valence-electron chi connectivity index (χ0n) is 8.99. The van der Waals surface area contributed by atoms with Gasteiger partial charge in [-0.2, -0.15) is 0 Å². The molecule has 1 aliphatic heterocycles. The Morgan fingerprint density at radius 1 is 1.50 bits per heavy atom. The van der Waals surface area contributed by atoms with Gasteiger partial charge in [0.2, 0.25) is 5.91 Å². The molecule has 14 heavy (non-hydrogen) atoms. The SMILES string of the molecule is CNCC(=O)N(C)C1CN(C2CC2)C1. The van der Waals surface area contributed by atoms with Crippen molar-refractivity contribution in [3.8, 4) is 0 Å². The Kier molecular flexibility index (Phi) is 2.74. The second-order valence-electron chi connectivity index (χ2n) is 4.37. The van der Waals surface area contributed by atoms with E-state index in [0.717, 1.165) is 19.1 Å². The summed E-state index contributed by atoms with van der Waals surface area (Å²) in [7, 11) is 3.72. The summed E-state index contributed by atoms with van der Waals surface area (Å²) in [6.45, 7) is 2.61. The minimum Gasteiger partial charge on any atom is -0.339 e. The van der Waals surface area contributed by atoms with Gasteiger partial charge in [-0.15, -0.1) is 0 Å². The topological polar surface area (TPSA) is 35.6 Å².